The zero-order valence-electron chi connectivity index (χ0n) is 16.8. The van der Waals surface area contributed by atoms with Gasteiger partial charge in [0.15, 0.2) is 5.13 Å². The quantitative estimate of drug-likeness (QED) is 0.648. The Labute approximate surface area is 179 Å². The number of anilines is 1. The van der Waals surface area contributed by atoms with Gasteiger partial charge in [-0.25, -0.2) is 13.4 Å². The van der Waals surface area contributed by atoms with Crippen LogP contribution < -0.4 is 10.1 Å². The molecule has 0 aliphatic carbocycles. The molecule has 0 bridgehead atoms. The van der Waals surface area contributed by atoms with Crippen LogP contribution in [0.2, 0.25) is 0 Å². The number of benzene rings is 2. The van der Waals surface area contributed by atoms with E-state index in [1.165, 1.54) is 15.6 Å². The zero-order valence-corrected chi connectivity index (χ0v) is 18.4. The number of nitrogens with one attached hydrogen (secondary N) is 1. The summed E-state index contributed by atoms with van der Waals surface area (Å²) in [4.78, 5) is 17.6. The second-order valence-electron chi connectivity index (χ2n) is 7.33. The maximum atomic E-state index is 13.0. The van der Waals surface area contributed by atoms with Gasteiger partial charge in [-0.2, -0.15) is 4.31 Å². The van der Waals surface area contributed by atoms with Crippen molar-refractivity contribution in [3.05, 3.63) is 48.0 Å². The molecule has 30 heavy (non-hydrogen) atoms. The van der Waals surface area contributed by atoms with Gasteiger partial charge in [-0.05, 0) is 44.0 Å². The van der Waals surface area contributed by atoms with Crippen molar-refractivity contribution >= 4 is 42.6 Å². The van der Waals surface area contributed by atoms with Crippen molar-refractivity contribution < 1.29 is 17.9 Å². The first-order valence-corrected chi connectivity index (χ1v) is 12.0. The predicted molar refractivity (Wildman–Crippen MR) is 117 cm³/mol. The van der Waals surface area contributed by atoms with Crippen LogP contribution in [0.4, 0.5) is 5.13 Å². The number of para-hydroxylation sites is 1. The molecule has 1 atom stereocenters. The number of aryl methyl sites for hydroxylation is 1. The van der Waals surface area contributed by atoms with E-state index in [2.05, 4.69) is 10.3 Å². The molecule has 1 aliphatic rings. The largest absolute Gasteiger partial charge is 0.494 e. The van der Waals surface area contributed by atoms with E-state index >= 15 is 0 Å². The van der Waals surface area contributed by atoms with Crippen molar-refractivity contribution in [2.24, 2.45) is 5.92 Å². The fourth-order valence-corrected chi connectivity index (χ4v) is 5.99. The highest BCUT2D eigenvalue weighted by Crippen LogP contribution is 2.33. The Morgan fingerprint density at radius 1 is 1.23 bits per heavy atom. The molecule has 1 amide bonds. The molecule has 9 heteroatoms. The van der Waals surface area contributed by atoms with Crippen LogP contribution in [-0.4, -0.2) is 43.8 Å². The zero-order chi connectivity index (χ0) is 21.3. The number of rotatable bonds is 5. The molecule has 0 spiro atoms. The summed E-state index contributed by atoms with van der Waals surface area (Å²) in [6.07, 6.45) is 1.27. The molecule has 1 saturated heterocycles. The van der Waals surface area contributed by atoms with Gasteiger partial charge in [-0.15, -0.1) is 0 Å². The summed E-state index contributed by atoms with van der Waals surface area (Å²) in [5.74, 6) is 0.0157. The van der Waals surface area contributed by atoms with Gasteiger partial charge >= 0.3 is 0 Å². The Hall–Kier alpha value is -2.49. The molecule has 0 radical (unpaired) electrons. The second kappa shape index (κ2) is 8.33. The molecule has 2 aromatic carbocycles. The molecule has 4 rings (SSSR count). The Kier molecular flexibility index (Phi) is 5.77. The molecule has 0 saturated carbocycles. The van der Waals surface area contributed by atoms with Gasteiger partial charge in [0.25, 0.3) is 0 Å². The summed E-state index contributed by atoms with van der Waals surface area (Å²) >= 11 is 1.37. The fraction of sp³-hybridized carbons (Fsp3) is 0.333. The second-order valence-corrected chi connectivity index (χ2v) is 10.3. The third kappa shape index (κ3) is 4.05. The van der Waals surface area contributed by atoms with Gasteiger partial charge in [0, 0.05) is 13.1 Å². The van der Waals surface area contributed by atoms with Crippen molar-refractivity contribution in [3.63, 3.8) is 0 Å². The van der Waals surface area contributed by atoms with Crippen LogP contribution in [0.5, 0.6) is 5.75 Å². The minimum absolute atomic E-state index is 0.163. The number of carbonyl (C=O) groups is 1. The molecule has 7 nitrogen and oxygen atoms in total. The van der Waals surface area contributed by atoms with E-state index in [0.29, 0.717) is 35.8 Å². The van der Waals surface area contributed by atoms with E-state index in [-0.39, 0.29) is 17.3 Å². The highest BCUT2D eigenvalue weighted by atomic mass is 32.2. The number of fused-ring (bicyclic) bond motifs is 1. The first-order valence-electron chi connectivity index (χ1n) is 9.70. The van der Waals surface area contributed by atoms with Gasteiger partial charge in [-0.3, -0.25) is 4.79 Å². The number of amides is 1. The molecule has 3 aromatic rings. The highest BCUT2D eigenvalue weighted by Gasteiger charge is 2.33. The maximum absolute atomic E-state index is 13.0. The topological polar surface area (TPSA) is 88.6 Å². The van der Waals surface area contributed by atoms with Crippen LogP contribution in [0.3, 0.4) is 0 Å². The Balaban J connectivity index is 1.49. The van der Waals surface area contributed by atoms with Crippen LogP contribution in [0.1, 0.15) is 18.4 Å². The minimum Gasteiger partial charge on any atom is -0.494 e. The number of hydrogen-bond acceptors (Lipinski definition) is 6. The van der Waals surface area contributed by atoms with Gasteiger partial charge in [-0.1, -0.05) is 35.1 Å². The lowest BCUT2D eigenvalue weighted by molar-refractivity contribution is -0.120. The fourth-order valence-electron chi connectivity index (χ4n) is 3.58. The van der Waals surface area contributed by atoms with Crippen LogP contribution >= 0.6 is 11.3 Å². The van der Waals surface area contributed by atoms with E-state index in [1.54, 1.807) is 31.4 Å². The number of ether oxygens (including phenoxy) is 1. The number of piperidine rings is 1. The number of methoxy groups -OCH3 is 1. The Morgan fingerprint density at radius 2 is 2.00 bits per heavy atom. The summed E-state index contributed by atoms with van der Waals surface area (Å²) in [6, 6.07) is 12.4. The van der Waals surface area contributed by atoms with E-state index in [4.69, 9.17) is 4.74 Å². The number of thiazole rings is 1. The standard InChI is InChI=1S/C21H23N3O4S2/c1-14-8-10-16(11-9-14)30(26,27)24-12-4-5-15(13-24)20(25)23-21-22-19-17(28-2)6-3-7-18(19)29-21/h3,6-11,15H,4-5,12-13H2,1-2H3,(H,22,23,25). The molecule has 1 aromatic heterocycles. The van der Waals surface area contributed by atoms with Crippen molar-refractivity contribution in [1.29, 1.82) is 0 Å². The van der Waals surface area contributed by atoms with E-state index in [9.17, 15) is 13.2 Å². The van der Waals surface area contributed by atoms with Crippen LogP contribution in [0, 0.1) is 12.8 Å². The molecule has 1 unspecified atom stereocenters. The number of hydrogen-bond donors (Lipinski definition) is 1. The molecule has 158 valence electrons. The summed E-state index contributed by atoms with van der Waals surface area (Å²) in [7, 11) is -2.04. The van der Waals surface area contributed by atoms with E-state index in [0.717, 1.165) is 10.3 Å². The number of sulfonamides is 1. The normalized spacial score (nSPS) is 17.7. The first kappa shape index (κ1) is 20.8. The molecule has 1 N–H and O–H groups in total. The number of aromatic nitrogens is 1. The van der Waals surface area contributed by atoms with Crippen LogP contribution in [0.15, 0.2) is 47.4 Å². The van der Waals surface area contributed by atoms with E-state index in [1.807, 2.05) is 25.1 Å². The average molecular weight is 446 g/mol. The minimum atomic E-state index is -3.62. The summed E-state index contributed by atoms with van der Waals surface area (Å²) in [6.45, 7) is 2.49. The summed E-state index contributed by atoms with van der Waals surface area (Å²) < 4.78 is 33.6. The lowest BCUT2D eigenvalue weighted by Gasteiger charge is -2.31. The SMILES string of the molecule is COc1cccc2sc(NC(=O)C3CCCN(S(=O)(=O)c4ccc(C)cc4)C3)nc12. The molecular weight excluding hydrogens is 422 g/mol. The Bertz CT molecular complexity index is 1170. The predicted octanol–water partition coefficient (Wildman–Crippen LogP) is 3.65. The van der Waals surface area contributed by atoms with Crippen LogP contribution in [0.25, 0.3) is 10.2 Å². The summed E-state index contributed by atoms with van der Waals surface area (Å²) in [5, 5.41) is 3.35. The lowest BCUT2D eigenvalue weighted by atomic mass is 9.99. The van der Waals surface area contributed by atoms with Gasteiger partial charge in [0.05, 0.1) is 22.6 Å². The average Bonchev–Trinajstić information content (AvgIpc) is 3.16. The van der Waals surface area contributed by atoms with Gasteiger partial charge in [0.2, 0.25) is 15.9 Å². The molecule has 2 heterocycles. The van der Waals surface area contributed by atoms with Crippen molar-refractivity contribution in [2.45, 2.75) is 24.7 Å². The maximum Gasteiger partial charge on any atom is 0.243 e. The lowest BCUT2D eigenvalue weighted by Crippen LogP contribution is -2.43. The number of nitrogens with zero attached hydrogens (tertiary/aromatic N) is 2. The van der Waals surface area contributed by atoms with Crippen molar-refractivity contribution in [1.82, 2.24) is 9.29 Å². The third-order valence-electron chi connectivity index (χ3n) is 5.25. The smallest absolute Gasteiger partial charge is 0.243 e. The summed E-state index contributed by atoms with van der Waals surface area (Å²) in [5.41, 5.74) is 1.70. The number of carbonyl (C=O) groups excluding carboxylic acids is 1. The molecule has 1 fully saturated rings. The highest BCUT2D eigenvalue weighted by molar-refractivity contribution is 7.89. The first-order chi connectivity index (χ1) is 14.4. The van der Waals surface area contributed by atoms with Gasteiger partial charge < -0.3 is 10.1 Å². The van der Waals surface area contributed by atoms with Gasteiger partial charge in [0.1, 0.15) is 11.3 Å². The molecular formula is C21H23N3O4S2. The van der Waals surface area contributed by atoms with Crippen LogP contribution in [-0.2, 0) is 14.8 Å². The van der Waals surface area contributed by atoms with Crippen molar-refractivity contribution in [3.8, 4) is 5.75 Å². The van der Waals surface area contributed by atoms with Crippen molar-refractivity contribution in [2.75, 3.05) is 25.5 Å². The molecule has 1 aliphatic heterocycles. The van der Waals surface area contributed by atoms with E-state index < -0.39 is 15.9 Å². The third-order valence-corrected chi connectivity index (χ3v) is 8.06. The Morgan fingerprint density at radius 3 is 2.73 bits per heavy atom. The monoisotopic (exact) mass is 445 g/mol.